The molecular weight excluding hydrogens is 429 g/mol. The first kappa shape index (κ1) is 20.2. The van der Waals surface area contributed by atoms with Crippen LogP contribution in [0.4, 0.5) is 0 Å². The molecule has 1 fully saturated rings. The molecule has 1 aliphatic heterocycles. The van der Waals surface area contributed by atoms with Gasteiger partial charge in [-0.25, -0.2) is 0 Å². The van der Waals surface area contributed by atoms with Crippen LogP contribution in [0.5, 0.6) is 5.75 Å². The summed E-state index contributed by atoms with van der Waals surface area (Å²) in [5.41, 5.74) is 0.435. The average molecular weight is 457 g/mol. The number of carbonyl (C=O) groups is 1. The van der Waals surface area contributed by atoms with Crippen LogP contribution in [0.25, 0.3) is 0 Å². The van der Waals surface area contributed by atoms with Gasteiger partial charge < -0.3 is 9.47 Å². The number of alkyl halides is 1. The highest BCUT2D eigenvalue weighted by molar-refractivity contribution is 14.1. The molecule has 1 saturated heterocycles. The molecule has 0 aliphatic carbocycles. The van der Waals surface area contributed by atoms with E-state index in [2.05, 4.69) is 34.1 Å². The van der Waals surface area contributed by atoms with Crippen LogP contribution >= 0.6 is 22.6 Å². The normalized spacial score (nSPS) is 20.8. The quantitative estimate of drug-likeness (QED) is 0.204. The topological polar surface area (TPSA) is 38.8 Å². The molecule has 0 aromatic heterocycles. The molecule has 5 heteroatoms. The standard InChI is InChI=1S/C20H28INO3/c1-6-17(21)22-12-8-11-16(22)18(25-19(23)20(2,3)4)14-9-7-10-15(13-14)24-5/h6-7,9-10,13,16-18H,1,8,11-12H2,2-5H3/t16-,17?,18?/m0/s1. The average Bonchev–Trinajstić information content (AvgIpc) is 3.07. The molecule has 0 bridgehead atoms. The Morgan fingerprint density at radius 3 is 2.76 bits per heavy atom. The van der Waals surface area contributed by atoms with Crippen LogP contribution in [0.2, 0.25) is 0 Å². The second-order valence-electron chi connectivity index (χ2n) is 7.41. The Bertz CT molecular complexity index is 611. The molecule has 0 amide bonds. The van der Waals surface area contributed by atoms with E-state index in [9.17, 15) is 4.79 Å². The summed E-state index contributed by atoms with van der Waals surface area (Å²) in [5.74, 6) is 0.587. The lowest BCUT2D eigenvalue weighted by atomic mass is 9.95. The molecule has 2 rings (SSSR count). The minimum Gasteiger partial charge on any atom is -0.497 e. The molecule has 3 atom stereocenters. The molecule has 0 saturated carbocycles. The van der Waals surface area contributed by atoms with Crippen molar-refractivity contribution in [2.24, 2.45) is 5.41 Å². The summed E-state index contributed by atoms with van der Waals surface area (Å²) in [6.45, 7) is 10.6. The number of nitrogens with zero attached hydrogens (tertiary/aromatic N) is 1. The predicted octanol–water partition coefficient (Wildman–Crippen LogP) is 4.74. The van der Waals surface area contributed by atoms with Crippen molar-refractivity contribution in [3.63, 3.8) is 0 Å². The molecule has 2 unspecified atom stereocenters. The van der Waals surface area contributed by atoms with Gasteiger partial charge in [0.05, 0.1) is 22.6 Å². The van der Waals surface area contributed by atoms with E-state index in [4.69, 9.17) is 9.47 Å². The largest absolute Gasteiger partial charge is 0.497 e. The monoisotopic (exact) mass is 457 g/mol. The third kappa shape index (κ3) is 4.97. The molecule has 1 heterocycles. The van der Waals surface area contributed by atoms with Crippen LogP contribution in [0, 0.1) is 5.41 Å². The third-order valence-corrected chi connectivity index (χ3v) is 5.70. The maximum Gasteiger partial charge on any atom is 0.311 e. The lowest BCUT2D eigenvalue weighted by Crippen LogP contribution is -2.41. The van der Waals surface area contributed by atoms with E-state index >= 15 is 0 Å². The second-order valence-corrected chi connectivity index (χ2v) is 8.68. The minimum absolute atomic E-state index is 0.137. The summed E-state index contributed by atoms with van der Waals surface area (Å²) >= 11 is 2.38. The number of hydrogen-bond donors (Lipinski definition) is 0. The number of carbonyl (C=O) groups excluding carboxylic acids is 1. The van der Waals surface area contributed by atoms with E-state index in [0.29, 0.717) is 0 Å². The highest BCUT2D eigenvalue weighted by Crippen LogP contribution is 2.37. The van der Waals surface area contributed by atoms with Crippen LogP contribution in [0.3, 0.4) is 0 Å². The Hall–Kier alpha value is -1.08. The van der Waals surface area contributed by atoms with Gasteiger partial charge in [-0.1, -0.05) is 40.8 Å². The van der Waals surface area contributed by atoms with Gasteiger partial charge >= 0.3 is 5.97 Å². The van der Waals surface area contributed by atoms with Crippen LogP contribution < -0.4 is 4.74 Å². The first-order valence-electron chi connectivity index (χ1n) is 8.65. The van der Waals surface area contributed by atoms with E-state index in [0.717, 1.165) is 30.7 Å². The summed E-state index contributed by atoms with van der Waals surface area (Å²) in [4.78, 5) is 15.0. The van der Waals surface area contributed by atoms with Crippen LogP contribution in [-0.2, 0) is 9.53 Å². The Kier molecular flexibility index (Phi) is 6.91. The molecule has 0 radical (unpaired) electrons. The molecule has 4 nitrogen and oxygen atoms in total. The van der Waals surface area contributed by atoms with Gasteiger partial charge in [0.25, 0.3) is 0 Å². The Balaban J connectivity index is 2.37. The van der Waals surface area contributed by atoms with Gasteiger partial charge in [-0.05, 0) is 57.9 Å². The number of ether oxygens (including phenoxy) is 2. The van der Waals surface area contributed by atoms with Crippen molar-refractivity contribution in [2.45, 2.75) is 49.8 Å². The number of rotatable bonds is 6. The van der Waals surface area contributed by atoms with Crippen molar-refractivity contribution in [3.8, 4) is 5.75 Å². The number of hydrogen-bond acceptors (Lipinski definition) is 4. The summed E-state index contributed by atoms with van der Waals surface area (Å²) in [5, 5.41) is 0. The Labute approximate surface area is 164 Å². The summed E-state index contributed by atoms with van der Waals surface area (Å²) < 4.78 is 11.6. The first-order valence-corrected chi connectivity index (χ1v) is 9.90. The molecule has 25 heavy (non-hydrogen) atoms. The number of benzene rings is 1. The van der Waals surface area contributed by atoms with Gasteiger partial charge in [0, 0.05) is 0 Å². The maximum atomic E-state index is 12.6. The van der Waals surface area contributed by atoms with Gasteiger partial charge in [0.2, 0.25) is 0 Å². The van der Waals surface area contributed by atoms with E-state index in [1.165, 1.54) is 0 Å². The van der Waals surface area contributed by atoms with Gasteiger partial charge in [-0.15, -0.1) is 6.58 Å². The number of halogens is 1. The van der Waals surface area contributed by atoms with Crippen molar-refractivity contribution in [3.05, 3.63) is 42.5 Å². The maximum absolute atomic E-state index is 12.6. The molecule has 1 aliphatic rings. The zero-order chi connectivity index (χ0) is 18.6. The Morgan fingerprint density at radius 2 is 2.16 bits per heavy atom. The fraction of sp³-hybridized carbons (Fsp3) is 0.550. The zero-order valence-electron chi connectivity index (χ0n) is 15.5. The fourth-order valence-corrected chi connectivity index (χ4v) is 3.75. The van der Waals surface area contributed by atoms with Crippen LogP contribution in [0.1, 0.15) is 45.3 Å². The molecular formula is C20H28INO3. The van der Waals surface area contributed by atoms with Crippen LogP contribution in [0.15, 0.2) is 36.9 Å². The van der Waals surface area contributed by atoms with Gasteiger partial charge in [-0.3, -0.25) is 9.69 Å². The lowest BCUT2D eigenvalue weighted by Gasteiger charge is -2.35. The predicted molar refractivity (Wildman–Crippen MR) is 109 cm³/mol. The van der Waals surface area contributed by atoms with E-state index in [-0.39, 0.29) is 22.2 Å². The van der Waals surface area contributed by atoms with E-state index < -0.39 is 5.41 Å². The van der Waals surface area contributed by atoms with E-state index in [1.54, 1.807) is 7.11 Å². The summed E-state index contributed by atoms with van der Waals surface area (Å²) in [6, 6.07) is 7.96. The SMILES string of the molecule is C=CC(I)N1CCC[C@H]1C(OC(=O)C(C)(C)C)c1cccc(OC)c1. The highest BCUT2D eigenvalue weighted by Gasteiger charge is 2.39. The summed E-state index contributed by atoms with van der Waals surface area (Å²) in [6.07, 6.45) is 3.70. The molecule has 0 N–H and O–H groups in total. The van der Waals surface area contributed by atoms with Gasteiger partial charge in [0.1, 0.15) is 11.9 Å². The highest BCUT2D eigenvalue weighted by atomic mass is 127. The zero-order valence-corrected chi connectivity index (χ0v) is 17.7. The molecule has 0 spiro atoms. The molecule has 138 valence electrons. The minimum atomic E-state index is -0.539. The fourth-order valence-electron chi connectivity index (χ4n) is 3.06. The number of likely N-dealkylation sites (tertiary alicyclic amines) is 1. The van der Waals surface area contributed by atoms with Crippen LogP contribution in [-0.4, -0.2) is 34.6 Å². The third-order valence-electron chi connectivity index (χ3n) is 4.47. The van der Waals surface area contributed by atoms with Crippen molar-refractivity contribution < 1.29 is 14.3 Å². The number of esters is 1. The van der Waals surface area contributed by atoms with E-state index in [1.807, 2.05) is 51.1 Å². The van der Waals surface area contributed by atoms with Gasteiger partial charge in [-0.2, -0.15) is 0 Å². The first-order chi connectivity index (χ1) is 11.8. The number of methoxy groups -OCH3 is 1. The lowest BCUT2D eigenvalue weighted by molar-refractivity contribution is -0.162. The van der Waals surface area contributed by atoms with Gasteiger partial charge in [0.15, 0.2) is 0 Å². The van der Waals surface area contributed by atoms with Crippen molar-refractivity contribution in [1.29, 1.82) is 0 Å². The van der Waals surface area contributed by atoms with Crippen molar-refractivity contribution in [1.82, 2.24) is 4.90 Å². The smallest absolute Gasteiger partial charge is 0.311 e. The molecule has 1 aromatic rings. The molecule has 1 aromatic carbocycles. The Morgan fingerprint density at radius 1 is 1.44 bits per heavy atom. The van der Waals surface area contributed by atoms with Crippen molar-refractivity contribution in [2.75, 3.05) is 13.7 Å². The summed E-state index contributed by atoms with van der Waals surface area (Å²) in [7, 11) is 1.65. The second kappa shape index (κ2) is 8.54. The van der Waals surface area contributed by atoms with Crippen molar-refractivity contribution >= 4 is 28.6 Å².